The predicted molar refractivity (Wildman–Crippen MR) is 111 cm³/mol. The van der Waals surface area contributed by atoms with Gasteiger partial charge >= 0.3 is 12.2 Å². The maximum atomic E-state index is 13.0. The third-order valence-corrected chi connectivity index (χ3v) is 7.19. The quantitative estimate of drug-likeness (QED) is 0.658. The average molecular weight is 461 g/mol. The molecule has 0 aromatic rings. The van der Waals surface area contributed by atoms with Gasteiger partial charge in [0.25, 0.3) is 0 Å². The van der Waals surface area contributed by atoms with Crippen molar-refractivity contribution < 1.29 is 33.2 Å². The molecule has 2 atom stereocenters. The van der Waals surface area contributed by atoms with Crippen molar-refractivity contribution in [1.82, 2.24) is 10.2 Å². The molecule has 2 saturated heterocycles. The molecule has 2 aliphatic carbocycles. The van der Waals surface area contributed by atoms with Gasteiger partial charge in [0.2, 0.25) is 0 Å². The van der Waals surface area contributed by atoms with Crippen LogP contribution in [-0.4, -0.2) is 59.1 Å². The molecule has 182 valence electrons. The van der Waals surface area contributed by atoms with Gasteiger partial charge in [0, 0.05) is 18.9 Å². The van der Waals surface area contributed by atoms with Crippen LogP contribution in [0.5, 0.6) is 0 Å². The molecule has 2 heterocycles. The third kappa shape index (κ3) is 5.74. The van der Waals surface area contributed by atoms with Gasteiger partial charge in [-0.15, -0.1) is 0 Å². The number of carbonyl (C=O) groups is 2. The lowest BCUT2D eigenvalue weighted by molar-refractivity contribution is -0.697. The second kappa shape index (κ2) is 10.4. The molecule has 1 spiro atoms. The number of nitrogens with one attached hydrogen (secondary N) is 1. The molecule has 4 fully saturated rings. The van der Waals surface area contributed by atoms with Crippen LogP contribution in [0.3, 0.4) is 0 Å². The minimum absolute atomic E-state index is 0.135. The molecule has 2 aliphatic heterocycles. The van der Waals surface area contributed by atoms with Crippen LogP contribution in [0.2, 0.25) is 0 Å². The van der Waals surface area contributed by atoms with Gasteiger partial charge in [-0.05, 0) is 32.6 Å². The maximum absolute atomic E-state index is 13.0. The van der Waals surface area contributed by atoms with E-state index in [2.05, 4.69) is 22.5 Å². The SMILES string of the molecule is CC1CC2(CC[NH2+]1)C(=NC1CCCCC1)NC(=O)N2C1CCCCC1.O=C([O-])C(F)(F)F. The summed E-state index contributed by atoms with van der Waals surface area (Å²) in [5.74, 6) is -1.98. The summed E-state index contributed by atoms with van der Waals surface area (Å²) < 4.78 is 31.5. The van der Waals surface area contributed by atoms with E-state index >= 15 is 0 Å². The number of amidine groups is 1. The number of rotatable bonds is 2. The van der Waals surface area contributed by atoms with Crippen molar-refractivity contribution in [2.24, 2.45) is 4.99 Å². The van der Waals surface area contributed by atoms with Crippen molar-refractivity contribution in [3.8, 4) is 0 Å². The topological polar surface area (TPSA) is 101 Å². The van der Waals surface area contributed by atoms with Gasteiger partial charge in [-0.2, -0.15) is 13.2 Å². The number of carboxylic acids is 1. The number of hydrogen-bond acceptors (Lipinski definition) is 4. The number of alkyl halides is 3. The fourth-order valence-electron chi connectivity index (χ4n) is 5.74. The molecule has 0 radical (unpaired) electrons. The summed E-state index contributed by atoms with van der Waals surface area (Å²) in [6, 6.07) is 1.53. The van der Waals surface area contributed by atoms with Gasteiger partial charge in [-0.1, -0.05) is 38.5 Å². The number of aliphatic carboxylic acids is 1. The number of hydrogen-bond donors (Lipinski definition) is 2. The van der Waals surface area contributed by atoms with Crippen molar-refractivity contribution in [1.29, 1.82) is 0 Å². The summed E-state index contributed by atoms with van der Waals surface area (Å²) in [4.78, 5) is 29.2. The molecule has 2 amide bonds. The first-order chi connectivity index (χ1) is 15.1. The highest BCUT2D eigenvalue weighted by atomic mass is 19.4. The lowest BCUT2D eigenvalue weighted by Crippen LogP contribution is -2.93. The monoisotopic (exact) mass is 460 g/mol. The van der Waals surface area contributed by atoms with E-state index < -0.39 is 12.1 Å². The lowest BCUT2D eigenvalue weighted by atomic mass is 9.80. The summed E-state index contributed by atoms with van der Waals surface area (Å²) in [5.41, 5.74) is -0.148. The molecule has 3 N–H and O–H groups in total. The number of nitrogens with two attached hydrogens (primary N) is 1. The molecule has 4 aliphatic rings. The summed E-state index contributed by atoms with van der Waals surface area (Å²) >= 11 is 0. The Bertz CT molecular complexity index is 703. The number of carbonyl (C=O) groups excluding carboxylic acids is 2. The summed E-state index contributed by atoms with van der Waals surface area (Å²) in [7, 11) is 0. The highest BCUT2D eigenvalue weighted by Gasteiger charge is 2.56. The lowest BCUT2D eigenvalue weighted by Gasteiger charge is -2.45. The molecule has 32 heavy (non-hydrogen) atoms. The molecule has 0 bridgehead atoms. The molecule has 0 aromatic carbocycles. The molecule has 4 rings (SSSR count). The van der Waals surface area contributed by atoms with Crippen molar-refractivity contribution in [3.05, 3.63) is 0 Å². The molecule has 0 aromatic heterocycles. The number of carboxylic acid groups (broad SMARTS) is 1. The van der Waals surface area contributed by atoms with Crippen molar-refractivity contribution in [3.63, 3.8) is 0 Å². The minimum Gasteiger partial charge on any atom is -0.542 e. The van der Waals surface area contributed by atoms with Gasteiger partial charge in [0.15, 0.2) is 0 Å². The van der Waals surface area contributed by atoms with E-state index in [1.54, 1.807) is 0 Å². The second-order valence-corrected chi connectivity index (χ2v) is 9.63. The molecular formula is C22H35F3N4O3. The number of nitrogens with zero attached hydrogens (tertiary/aromatic N) is 2. The Morgan fingerprint density at radius 3 is 2.22 bits per heavy atom. The number of amides is 2. The van der Waals surface area contributed by atoms with Gasteiger partial charge in [-0.3, -0.25) is 10.3 Å². The Morgan fingerprint density at radius 1 is 1.12 bits per heavy atom. The standard InChI is InChI=1S/C20H34N4O.C2HF3O2/c1-15-14-20(12-13-21-15)18(22-16-8-4-2-5-9-16)23-19(25)24(20)17-10-6-3-7-11-17;3-2(4,5)1(6)7/h15-17,21H,2-14H2,1H3,(H,22,23,25);(H,6,7). The van der Waals surface area contributed by atoms with Crippen LogP contribution in [0, 0.1) is 0 Å². The molecule has 7 nitrogen and oxygen atoms in total. The first-order valence-electron chi connectivity index (χ1n) is 11.9. The first kappa shape index (κ1) is 24.8. The Hall–Kier alpha value is -1.84. The van der Waals surface area contributed by atoms with E-state index in [1.165, 1.54) is 64.2 Å². The zero-order chi connectivity index (χ0) is 23.4. The van der Waals surface area contributed by atoms with Crippen LogP contribution in [0.15, 0.2) is 4.99 Å². The number of aliphatic imine (C=N–C) groups is 1. The van der Waals surface area contributed by atoms with Crippen LogP contribution in [0.4, 0.5) is 18.0 Å². The highest BCUT2D eigenvalue weighted by Crippen LogP contribution is 2.38. The Balaban J connectivity index is 0.000000360. The smallest absolute Gasteiger partial charge is 0.430 e. The van der Waals surface area contributed by atoms with Crippen molar-refractivity contribution >= 4 is 17.8 Å². The third-order valence-electron chi connectivity index (χ3n) is 7.19. The van der Waals surface area contributed by atoms with Crippen LogP contribution < -0.4 is 15.7 Å². The van der Waals surface area contributed by atoms with E-state index in [4.69, 9.17) is 14.9 Å². The van der Waals surface area contributed by atoms with Gasteiger partial charge < -0.3 is 20.1 Å². The van der Waals surface area contributed by atoms with Gasteiger partial charge in [-0.25, -0.2) is 4.79 Å². The summed E-state index contributed by atoms with van der Waals surface area (Å²) in [6.07, 6.45) is 9.42. The fraction of sp³-hybridized carbons (Fsp3) is 0.864. The van der Waals surface area contributed by atoms with E-state index in [-0.39, 0.29) is 11.6 Å². The van der Waals surface area contributed by atoms with E-state index in [9.17, 15) is 18.0 Å². The second-order valence-electron chi connectivity index (χ2n) is 9.63. The number of piperidine rings is 1. The largest absolute Gasteiger partial charge is 0.542 e. The highest BCUT2D eigenvalue weighted by molar-refractivity contribution is 6.10. The Kier molecular flexibility index (Phi) is 8.06. The summed E-state index contributed by atoms with van der Waals surface area (Å²) in [5, 5.41) is 14.5. The maximum Gasteiger partial charge on any atom is 0.430 e. The van der Waals surface area contributed by atoms with Crippen molar-refractivity contribution in [2.45, 2.75) is 114 Å². The Morgan fingerprint density at radius 2 is 1.69 bits per heavy atom. The van der Waals surface area contributed by atoms with Crippen LogP contribution >= 0.6 is 0 Å². The number of quaternary nitrogens is 1. The zero-order valence-corrected chi connectivity index (χ0v) is 18.8. The summed E-state index contributed by atoms with van der Waals surface area (Å²) in [6.45, 7) is 3.41. The van der Waals surface area contributed by atoms with E-state index in [1.807, 2.05) is 0 Å². The first-order valence-corrected chi connectivity index (χ1v) is 11.9. The molecule has 10 heteroatoms. The fourth-order valence-corrected chi connectivity index (χ4v) is 5.74. The average Bonchev–Trinajstić information content (AvgIpc) is 2.99. The molecule has 2 unspecified atom stereocenters. The van der Waals surface area contributed by atoms with Crippen LogP contribution in [0.25, 0.3) is 0 Å². The number of urea groups is 1. The zero-order valence-electron chi connectivity index (χ0n) is 18.8. The molecular weight excluding hydrogens is 425 g/mol. The van der Waals surface area contributed by atoms with Gasteiger partial charge in [0.1, 0.15) is 17.3 Å². The molecule has 2 saturated carbocycles. The van der Waals surface area contributed by atoms with Crippen LogP contribution in [-0.2, 0) is 4.79 Å². The predicted octanol–water partition coefficient (Wildman–Crippen LogP) is 1.86. The normalized spacial score (nSPS) is 31.4. The van der Waals surface area contributed by atoms with Gasteiger partial charge in [0.05, 0.1) is 18.6 Å². The minimum atomic E-state index is -5.19. The van der Waals surface area contributed by atoms with E-state index in [0.717, 1.165) is 25.2 Å². The van der Waals surface area contributed by atoms with Crippen molar-refractivity contribution in [2.75, 3.05) is 6.54 Å². The number of halogens is 3. The van der Waals surface area contributed by atoms with Crippen LogP contribution in [0.1, 0.15) is 84.0 Å². The Labute approximate surface area is 187 Å². The van der Waals surface area contributed by atoms with E-state index in [0.29, 0.717) is 18.1 Å².